The molecule has 2 heterocycles. The Morgan fingerprint density at radius 2 is 1.54 bits per heavy atom. The normalized spacial score (nSPS) is 14.5. The maximum absolute atomic E-state index is 5.65. The molecule has 1 fully saturated rings. The Balaban J connectivity index is 1.40. The maximum atomic E-state index is 5.65. The third kappa shape index (κ3) is 8.96. The predicted molar refractivity (Wildman–Crippen MR) is 157 cm³/mol. The van der Waals surface area contributed by atoms with E-state index in [0.29, 0.717) is 63.3 Å². The lowest BCUT2D eigenvalue weighted by atomic mass is 9.99. The minimum absolute atomic E-state index is 0.317. The van der Waals surface area contributed by atoms with Gasteiger partial charge in [0.1, 0.15) is 0 Å². The summed E-state index contributed by atoms with van der Waals surface area (Å²) in [5, 5.41) is 6.93. The van der Waals surface area contributed by atoms with Gasteiger partial charge in [0.2, 0.25) is 11.9 Å². The van der Waals surface area contributed by atoms with Crippen molar-refractivity contribution < 1.29 is 9.47 Å². The number of rotatable bonds is 14. The van der Waals surface area contributed by atoms with E-state index in [0.717, 1.165) is 49.2 Å². The van der Waals surface area contributed by atoms with Crippen molar-refractivity contribution in [2.24, 2.45) is 5.73 Å². The number of piperidine rings is 1. The van der Waals surface area contributed by atoms with Gasteiger partial charge in [-0.25, -0.2) is 0 Å². The highest BCUT2D eigenvalue weighted by molar-refractivity contribution is 5.67. The number of ether oxygens (including phenoxy) is 2. The van der Waals surface area contributed by atoms with E-state index in [-0.39, 0.29) is 0 Å². The fraction of sp³-hybridized carbons (Fsp3) is 0.500. The molecule has 9 nitrogen and oxygen atoms in total. The number of benzene rings is 2. The maximum Gasteiger partial charge on any atom is 0.228 e. The summed E-state index contributed by atoms with van der Waals surface area (Å²) in [5.41, 5.74) is 11.4. The molecule has 0 amide bonds. The Morgan fingerprint density at radius 1 is 0.872 bits per heavy atom. The summed E-state index contributed by atoms with van der Waals surface area (Å²) < 4.78 is 11.0. The zero-order valence-corrected chi connectivity index (χ0v) is 23.6. The molecule has 4 rings (SSSR count). The SMILES string of the molecule is Cc1cc(C)c(-c2nc(NCCOCCOCCN)nc(NC3CCN(Cc4ccccc4)CC3)n2)c(C)c1. The topological polar surface area (TPSA) is 110 Å². The van der Waals surface area contributed by atoms with Gasteiger partial charge in [-0.05, 0) is 50.3 Å². The van der Waals surface area contributed by atoms with Gasteiger partial charge >= 0.3 is 0 Å². The van der Waals surface area contributed by atoms with Crippen LogP contribution < -0.4 is 16.4 Å². The van der Waals surface area contributed by atoms with Crippen molar-refractivity contribution in [1.82, 2.24) is 19.9 Å². The van der Waals surface area contributed by atoms with Crippen LogP contribution in [0.2, 0.25) is 0 Å². The van der Waals surface area contributed by atoms with E-state index >= 15 is 0 Å². The first-order valence-electron chi connectivity index (χ1n) is 14.0. The van der Waals surface area contributed by atoms with Gasteiger partial charge in [-0.15, -0.1) is 0 Å². The Bertz CT molecular complexity index is 1140. The van der Waals surface area contributed by atoms with Crippen molar-refractivity contribution >= 4 is 11.9 Å². The third-order valence-corrected chi connectivity index (χ3v) is 6.87. The molecular weight excluding hydrogens is 490 g/mol. The Kier molecular flexibility index (Phi) is 11.0. The first kappa shape index (κ1) is 28.9. The number of anilines is 2. The molecule has 0 saturated carbocycles. The van der Waals surface area contributed by atoms with Crippen molar-refractivity contribution in [2.75, 3.05) is 63.2 Å². The van der Waals surface area contributed by atoms with E-state index in [4.69, 9.17) is 30.2 Å². The minimum atomic E-state index is 0.317. The summed E-state index contributed by atoms with van der Waals surface area (Å²) in [6.07, 6.45) is 2.08. The molecule has 0 aliphatic carbocycles. The van der Waals surface area contributed by atoms with Gasteiger partial charge in [-0.2, -0.15) is 15.0 Å². The van der Waals surface area contributed by atoms with Crippen LogP contribution in [-0.2, 0) is 16.0 Å². The molecule has 1 aliphatic heterocycles. The monoisotopic (exact) mass is 533 g/mol. The lowest BCUT2D eigenvalue weighted by molar-refractivity contribution is 0.0547. The zero-order chi connectivity index (χ0) is 27.5. The first-order valence-corrected chi connectivity index (χ1v) is 14.0. The predicted octanol–water partition coefficient (Wildman–Crippen LogP) is 3.94. The average molecular weight is 534 g/mol. The summed E-state index contributed by atoms with van der Waals surface area (Å²) in [6.45, 7) is 12.7. The van der Waals surface area contributed by atoms with Crippen molar-refractivity contribution in [2.45, 2.75) is 46.2 Å². The highest BCUT2D eigenvalue weighted by atomic mass is 16.5. The highest BCUT2D eigenvalue weighted by Gasteiger charge is 2.21. The van der Waals surface area contributed by atoms with E-state index in [2.05, 4.69) is 78.8 Å². The quantitative estimate of drug-likeness (QED) is 0.265. The van der Waals surface area contributed by atoms with Crippen LogP contribution in [0.1, 0.15) is 35.1 Å². The average Bonchev–Trinajstić information content (AvgIpc) is 2.91. The van der Waals surface area contributed by atoms with Crippen LogP contribution in [0.4, 0.5) is 11.9 Å². The highest BCUT2D eigenvalue weighted by Crippen LogP contribution is 2.27. The van der Waals surface area contributed by atoms with Crippen LogP contribution in [0, 0.1) is 20.8 Å². The van der Waals surface area contributed by atoms with Gasteiger partial charge in [0.25, 0.3) is 0 Å². The van der Waals surface area contributed by atoms with Crippen LogP contribution in [0.15, 0.2) is 42.5 Å². The van der Waals surface area contributed by atoms with Crippen molar-refractivity contribution in [3.8, 4) is 11.4 Å². The Hall–Kier alpha value is -3.11. The minimum Gasteiger partial charge on any atom is -0.378 e. The largest absolute Gasteiger partial charge is 0.378 e. The van der Waals surface area contributed by atoms with Crippen molar-refractivity contribution in [3.63, 3.8) is 0 Å². The smallest absolute Gasteiger partial charge is 0.228 e. The summed E-state index contributed by atoms with van der Waals surface area (Å²) in [4.78, 5) is 16.9. The molecule has 4 N–H and O–H groups in total. The summed E-state index contributed by atoms with van der Waals surface area (Å²) in [5.74, 6) is 1.84. The summed E-state index contributed by atoms with van der Waals surface area (Å²) >= 11 is 0. The lowest BCUT2D eigenvalue weighted by Crippen LogP contribution is -2.39. The van der Waals surface area contributed by atoms with Gasteiger partial charge in [-0.3, -0.25) is 4.90 Å². The van der Waals surface area contributed by atoms with Crippen LogP contribution in [0.25, 0.3) is 11.4 Å². The number of aromatic nitrogens is 3. The lowest BCUT2D eigenvalue weighted by Gasteiger charge is -2.32. The van der Waals surface area contributed by atoms with Gasteiger partial charge in [0.05, 0.1) is 26.4 Å². The fourth-order valence-electron chi connectivity index (χ4n) is 5.06. The molecule has 1 aromatic heterocycles. The van der Waals surface area contributed by atoms with Crippen LogP contribution >= 0.6 is 0 Å². The first-order chi connectivity index (χ1) is 19.0. The number of nitrogens with one attached hydrogen (secondary N) is 2. The van der Waals surface area contributed by atoms with Gasteiger partial charge < -0.3 is 25.8 Å². The molecule has 0 atom stereocenters. The van der Waals surface area contributed by atoms with Crippen molar-refractivity contribution in [1.29, 1.82) is 0 Å². The number of nitrogens with zero attached hydrogens (tertiary/aromatic N) is 4. The van der Waals surface area contributed by atoms with Gasteiger partial charge in [0.15, 0.2) is 5.82 Å². The standard InChI is InChI=1S/C30H43N7O2/c1-22-19-23(2)27(24(3)20-22)28-34-29(32-12-16-39-18-17-38-15-11-31)36-30(35-28)33-26-9-13-37(14-10-26)21-25-7-5-4-6-8-25/h4-8,19-20,26H,9-18,21,31H2,1-3H3,(H2,32,33,34,35,36). The summed E-state index contributed by atoms with van der Waals surface area (Å²) in [7, 11) is 0. The third-order valence-electron chi connectivity index (χ3n) is 6.87. The number of likely N-dealkylation sites (tertiary alicyclic amines) is 1. The van der Waals surface area contributed by atoms with E-state index in [9.17, 15) is 0 Å². The molecule has 9 heteroatoms. The number of hydrogen-bond donors (Lipinski definition) is 3. The molecule has 2 aromatic carbocycles. The van der Waals surface area contributed by atoms with Crippen molar-refractivity contribution in [3.05, 3.63) is 64.7 Å². The molecule has 39 heavy (non-hydrogen) atoms. The number of hydrogen-bond acceptors (Lipinski definition) is 9. The second-order valence-electron chi connectivity index (χ2n) is 10.2. The molecule has 0 unspecified atom stereocenters. The number of nitrogens with two attached hydrogens (primary N) is 1. The van der Waals surface area contributed by atoms with E-state index in [1.807, 2.05) is 0 Å². The molecule has 0 radical (unpaired) electrons. The molecule has 0 bridgehead atoms. The molecule has 1 aliphatic rings. The van der Waals surface area contributed by atoms with E-state index in [1.54, 1.807) is 0 Å². The molecule has 0 spiro atoms. The molecular formula is C30H43N7O2. The van der Waals surface area contributed by atoms with Gasteiger partial charge in [0, 0.05) is 44.3 Å². The van der Waals surface area contributed by atoms with E-state index < -0.39 is 0 Å². The summed E-state index contributed by atoms with van der Waals surface area (Å²) in [6, 6.07) is 15.3. The second-order valence-corrected chi connectivity index (χ2v) is 10.2. The Labute approximate surface area is 232 Å². The van der Waals surface area contributed by atoms with Crippen LogP contribution in [-0.4, -0.2) is 78.5 Å². The zero-order valence-electron chi connectivity index (χ0n) is 23.6. The molecule has 3 aromatic rings. The number of aryl methyl sites for hydroxylation is 3. The Morgan fingerprint density at radius 3 is 2.23 bits per heavy atom. The second kappa shape index (κ2) is 14.9. The van der Waals surface area contributed by atoms with Gasteiger partial charge in [-0.1, -0.05) is 48.0 Å². The fourth-order valence-corrected chi connectivity index (χ4v) is 5.06. The van der Waals surface area contributed by atoms with Crippen LogP contribution in [0.5, 0.6) is 0 Å². The van der Waals surface area contributed by atoms with Crippen LogP contribution in [0.3, 0.4) is 0 Å². The van der Waals surface area contributed by atoms with E-state index in [1.165, 1.54) is 11.1 Å². The molecule has 1 saturated heterocycles. The molecule has 210 valence electrons.